The van der Waals surface area contributed by atoms with Gasteiger partial charge in [0.1, 0.15) is 0 Å². The molecule has 0 radical (unpaired) electrons. The molecular weight excluding hydrogens is 176 g/mol. The number of para-hydroxylation sites is 1. The normalized spacial score (nSPS) is 11.1. The minimum atomic E-state index is 0.453. The average Bonchev–Trinajstić information content (AvgIpc) is 2.44. The molecule has 0 atom stereocenters. The van der Waals surface area contributed by atoms with Crippen LogP contribution in [0.3, 0.4) is 0 Å². The molecule has 74 valence electrons. The van der Waals surface area contributed by atoms with E-state index in [0.717, 1.165) is 5.56 Å². The first-order valence-electron chi connectivity index (χ1n) is 4.59. The Morgan fingerprint density at radius 1 is 1.43 bits per heavy atom. The Morgan fingerprint density at radius 3 is 2.93 bits per heavy atom. The van der Waals surface area contributed by atoms with Crippen molar-refractivity contribution >= 4 is 10.9 Å². The third kappa shape index (κ3) is 1.31. The van der Waals surface area contributed by atoms with Gasteiger partial charge in [-0.05, 0) is 12.5 Å². The van der Waals surface area contributed by atoms with Gasteiger partial charge in [-0.25, -0.2) is 5.90 Å². The van der Waals surface area contributed by atoms with Crippen LogP contribution in [-0.4, -0.2) is 4.57 Å². The summed E-state index contributed by atoms with van der Waals surface area (Å²) in [5, 5.41) is 1.27. The predicted molar refractivity (Wildman–Crippen MR) is 56.6 cm³/mol. The maximum absolute atomic E-state index is 5.10. The number of benzene rings is 1. The SMILES string of the molecule is Cc1cn(C)c2c(CON)cccc12. The molecule has 2 N–H and O–H groups in total. The molecule has 2 rings (SSSR count). The quantitative estimate of drug-likeness (QED) is 0.734. The molecule has 0 unspecified atom stereocenters. The van der Waals surface area contributed by atoms with Gasteiger partial charge in [-0.2, -0.15) is 0 Å². The highest BCUT2D eigenvalue weighted by molar-refractivity contribution is 5.86. The molecule has 0 bridgehead atoms. The molecule has 0 fully saturated rings. The average molecular weight is 190 g/mol. The Hall–Kier alpha value is -1.32. The molecule has 3 heteroatoms. The van der Waals surface area contributed by atoms with E-state index in [1.807, 2.05) is 19.2 Å². The third-order valence-electron chi connectivity index (χ3n) is 2.52. The van der Waals surface area contributed by atoms with Crippen molar-refractivity contribution in [2.45, 2.75) is 13.5 Å². The molecule has 14 heavy (non-hydrogen) atoms. The Labute approximate surface area is 83.0 Å². The molecule has 1 aromatic heterocycles. The number of nitrogens with two attached hydrogens (primary N) is 1. The lowest BCUT2D eigenvalue weighted by Crippen LogP contribution is -2.00. The van der Waals surface area contributed by atoms with Gasteiger partial charge >= 0.3 is 0 Å². The number of nitrogens with zero attached hydrogens (tertiary/aromatic N) is 1. The van der Waals surface area contributed by atoms with Crippen LogP contribution in [0, 0.1) is 6.92 Å². The molecule has 1 heterocycles. The minimum absolute atomic E-state index is 0.453. The van der Waals surface area contributed by atoms with Gasteiger partial charge in [0.25, 0.3) is 0 Å². The molecule has 0 aliphatic carbocycles. The summed E-state index contributed by atoms with van der Waals surface area (Å²) >= 11 is 0. The van der Waals surface area contributed by atoms with Crippen molar-refractivity contribution in [2.24, 2.45) is 12.9 Å². The maximum atomic E-state index is 5.10. The fourth-order valence-corrected chi connectivity index (χ4v) is 1.96. The van der Waals surface area contributed by atoms with Crippen LogP contribution in [0.4, 0.5) is 0 Å². The lowest BCUT2D eigenvalue weighted by atomic mass is 10.1. The van der Waals surface area contributed by atoms with Crippen LogP contribution in [0.2, 0.25) is 0 Å². The standard InChI is InChI=1S/C11H14N2O/c1-8-6-13(2)11-9(7-14-12)4-3-5-10(8)11/h3-6H,7,12H2,1-2H3. The van der Waals surface area contributed by atoms with Crippen LogP contribution in [0.15, 0.2) is 24.4 Å². The van der Waals surface area contributed by atoms with E-state index in [4.69, 9.17) is 5.90 Å². The summed E-state index contributed by atoms with van der Waals surface area (Å²) < 4.78 is 2.11. The van der Waals surface area contributed by atoms with E-state index in [1.165, 1.54) is 16.5 Å². The summed E-state index contributed by atoms with van der Waals surface area (Å²) in [6.45, 7) is 2.56. The van der Waals surface area contributed by atoms with E-state index >= 15 is 0 Å². The topological polar surface area (TPSA) is 40.2 Å². The molecule has 3 nitrogen and oxygen atoms in total. The van der Waals surface area contributed by atoms with Crippen LogP contribution in [0.1, 0.15) is 11.1 Å². The van der Waals surface area contributed by atoms with Crippen LogP contribution in [-0.2, 0) is 18.5 Å². The number of aromatic nitrogens is 1. The van der Waals surface area contributed by atoms with Crippen LogP contribution >= 0.6 is 0 Å². The smallest absolute Gasteiger partial charge is 0.0950 e. The van der Waals surface area contributed by atoms with Gasteiger partial charge in [-0.15, -0.1) is 0 Å². The predicted octanol–water partition coefficient (Wildman–Crippen LogP) is 1.88. The van der Waals surface area contributed by atoms with E-state index < -0.39 is 0 Å². The van der Waals surface area contributed by atoms with Crippen molar-refractivity contribution in [1.82, 2.24) is 4.57 Å². The zero-order chi connectivity index (χ0) is 10.1. The fraction of sp³-hybridized carbons (Fsp3) is 0.273. The van der Waals surface area contributed by atoms with Crippen LogP contribution in [0.5, 0.6) is 0 Å². The van der Waals surface area contributed by atoms with Gasteiger partial charge in [0.15, 0.2) is 0 Å². The van der Waals surface area contributed by atoms with Crippen molar-refractivity contribution in [3.63, 3.8) is 0 Å². The first kappa shape index (κ1) is 9.24. The van der Waals surface area contributed by atoms with E-state index in [1.54, 1.807) is 0 Å². The maximum Gasteiger partial charge on any atom is 0.0950 e. The van der Waals surface area contributed by atoms with E-state index in [9.17, 15) is 0 Å². The van der Waals surface area contributed by atoms with Crippen molar-refractivity contribution in [3.05, 3.63) is 35.5 Å². The van der Waals surface area contributed by atoms with E-state index in [0.29, 0.717) is 6.61 Å². The molecule has 0 aliphatic heterocycles. The number of aryl methyl sites for hydroxylation is 2. The number of hydrogen-bond donors (Lipinski definition) is 1. The summed E-state index contributed by atoms with van der Waals surface area (Å²) in [4.78, 5) is 4.69. The Kier molecular flexibility index (Phi) is 2.27. The Morgan fingerprint density at radius 2 is 2.21 bits per heavy atom. The molecule has 0 saturated carbocycles. The first-order valence-corrected chi connectivity index (χ1v) is 4.59. The molecule has 0 amide bonds. The summed E-state index contributed by atoms with van der Waals surface area (Å²) in [5.41, 5.74) is 3.61. The largest absolute Gasteiger partial charge is 0.350 e. The van der Waals surface area contributed by atoms with E-state index in [2.05, 4.69) is 28.6 Å². The summed E-state index contributed by atoms with van der Waals surface area (Å²) in [6.07, 6.45) is 2.12. The van der Waals surface area contributed by atoms with Gasteiger partial charge in [-0.3, -0.25) is 4.84 Å². The molecule has 1 aromatic carbocycles. The zero-order valence-corrected chi connectivity index (χ0v) is 8.45. The van der Waals surface area contributed by atoms with E-state index in [-0.39, 0.29) is 0 Å². The molecule has 0 saturated heterocycles. The monoisotopic (exact) mass is 190 g/mol. The zero-order valence-electron chi connectivity index (χ0n) is 8.45. The second-order valence-corrected chi connectivity index (χ2v) is 3.55. The molecular formula is C11H14N2O. The lowest BCUT2D eigenvalue weighted by molar-refractivity contribution is 0.125. The highest BCUT2D eigenvalue weighted by Gasteiger charge is 2.06. The highest BCUT2D eigenvalue weighted by Crippen LogP contribution is 2.23. The number of hydrogen-bond acceptors (Lipinski definition) is 2. The summed E-state index contributed by atoms with van der Waals surface area (Å²) in [5.74, 6) is 5.10. The van der Waals surface area contributed by atoms with Crippen molar-refractivity contribution in [2.75, 3.05) is 0 Å². The second kappa shape index (κ2) is 3.44. The van der Waals surface area contributed by atoms with Gasteiger partial charge in [0, 0.05) is 24.2 Å². The lowest BCUT2D eigenvalue weighted by Gasteiger charge is -2.04. The van der Waals surface area contributed by atoms with Gasteiger partial charge < -0.3 is 4.57 Å². The first-order chi connectivity index (χ1) is 6.74. The third-order valence-corrected chi connectivity index (χ3v) is 2.52. The van der Waals surface area contributed by atoms with Gasteiger partial charge in [-0.1, -0.05) is 18.2 Å². The van der Waals surface area contributed by atoms with Crippen molar-refractivity contribution in [3.8, 4) is 0 Å². The van der Waals surface area contributed by atoms with Crippen molar-refractivity contribution in [1.29, 1.82) is 0 Å². The number of fused-ring (bicyclic) bond motifs is 1. The fourth-order valence-electron chi connectivity index (χ4n) is 1.96. The summed E-state index contributed by atoms with van der Waals surface area (Å²) in [6, 6.07) is 6.18. The van der Waals surface area contributed by atoms with Crippen molar-refractivity contribution < 1.29 is 4.84 Å². The molecule has 0 aliphatic rings. The highest BCUT2D eigenvalue weighted by atomic mass is 16.6. The minimum Gasteiger partial charge on any atom is -0.350 e. The van der Waals surface area contributed by atoms with Crippen LogP contribution < -0.4 is 5.90 Å². The molecule has 0 spiro atoms. The van der Waals surface area contributed by atoms with Crippen LogP contribution in [0.25, 0.3) is 10.9 Å². The second-order valence-electron chi connectivity index (χ2n) is 3.55. The molecule has 2 aromatic rings. The Balaban J connectivity index is 2.72. The Bertz CT molecular complexity index is 460. The van der Waals surface area contributed by atoms with Gasteiger partial charge in [0.05, 0.1) is 12.1 Å². The van der Waals surface area contributed by atoms with Gasteiger partial charge in [0.2, 0.25) is 0 Å². The summed E-state index contributed by atoms with van der Waals surface area (Å²) in [7, 11) is 2.04. The number of rotatable bonds is 2.